The summed E-state index contributed by atoms with van der Waals surface area (Å²) in [5, 5.41) is 75.6. The van der Waals surface area contributed by atoms with E-state index in [2.05, 4.69) is 24.4 Å². The van der Waals surface area contributed by atoms with Crippen LogP contribution in [0.2, 0.25) is 0 Å². The molecule has 0 aromatic rings. The average molecular weight is 983 g/mol. The first-order valence-electron chi connectivity index (χ1n) is 29.2. The lowest BCUT2D eigenvalue weighted by atomic mass is 9.98. The first-order valence-corrected chi connectivity index (χ1v) is 29.2. The highest BCUT2D eigenvalue weighted by molar-refractivity contribution is 5.80. The van der Waals surface area contributed by atoms with Gasteiger partial charge in [0.25, 0.3) is 0 Å². The van der Waals surface area contributed by atoms with Gasteiger partial charge in [0.15, 0.2) is 6.29 Å². The molecule has 0 bridgehead atoms. The summed E-state index contributed by atoms with van der Waals surface area (Å²) in [6.07, 6.45) is 46.1. The molecule has 11 nitrogen and oxygen atoms in total. The highest BCUT2D eigenvalue weighted by atomic mass is 16.7. The number of unbranched alkanes of at least 4 members (excludes halogenated alkanes) is 35. The Morgan fingerprint density at radius 3 is 1.32 bits per heavy atom. The summed E-state index contributed by atoms with van der Waals surface area (Å²) in [4.78, 5) is 13.1. The van der Waals surface area contributed by atoms with E-state index in [1.54, 1.807) is 0 Å². The van der Waals surface area contributed by atoms with Gasteiger partial charge in [0.2, 0.25) is 5.91 Å². The van der Waals surface area contributed by atoms with Gasteiger partial charge in [-0.1, -0.05) is 250 Å². The number of aliphatic hydroxyl groups is 7. The van der Waals surface area contributed by atoms with E-state index in [1.807, 2.05) is 19.1 Å². The smallest absolute Gasteiger partial charge is 0.249 e. The van der Waals surface area contributed by atoms with Crippen molar-refractivity contribution in [3.63, 3.8) is 0 Å². The highest BCUT2D eigenvalue weighted by Crippen LogP contribution is 2.23. The maximum atomic E-state index is 13.1. The molecule has 8 N–H and O–H groups in total. The van der Waals surface area contributed by atoms with Gasteiger partial charge in [0, 0.05) is 0 Å². The van der Waals surface area contributed by atoms with Gasteiger partial charge in [0.05, 0.1) is 25.4 Å². The summed E-state index contributed by atoms with van der Waals surface area (Å²) in [5.41, 5.74) is 0. The molecule has 1 saturated heterocycles. The van der Waals surface area contributed by atoms with E-state index in [1.165, 1.54) is 193 Å². The Balaban J connectivity index is 2.09. The summed E-state index contributed by atoms with van der Waals surface area (Å²) in [6.45, 7) is 3.20. The molecule has 0 saturated carbocycles. The van der Waals surface area contributed by atoms with Crippen LogP contribution in [0.3, 0.4) is 0 Å². The van der Waals surface area contributed by atoms with Crippen LogP contribution in [-0.2, 0) is 14.3 Å². The molecular formula is C58H111NO10. The van der Waals surface area contributed by atoms with Crippen molar-refractivity contribution in [1.29, 1.82) is 0 Å². The SMILES string of the molecule is C/C=C/CC/C=C/CCCC(O)C(O)C(COC1OC(CO)C(O)C(O)C1O)NC(=O)C(O)CCCCCCCCCCCCCCCCCCCCCCCCCCCCCCCCCCCC. The van der Waals surface area contributed by atoms with Crippen molar-refractivity contribution >= 4 is 5.91 Å². The zero-order valence-corrected chi connectivity index (χ0v) is 44.6. The van der Waals surface area contributed by atoms with Crippen LogP contribution in [0.15, 0.2) is 24.3 Å². The van der Waals surface area contributed by atoms with Crippen LogP contribution in [0.5, 0.6) is 0 Å². The Kier molecular flexibility index (Phi) is 45.2. The van der Waals surface area contributed by atoms with Crippen molar-refractivity contribution in [2.45, 2.75) is 326 Å². The second-order valence-corrected chi connectivity index (χ2v) is 20.7. The van der Waals surface area contributed by atoms with Gasteiger partial charge in [-0.25, -0.2) is 0 Å². The number of hydrogen-bond donors (Lipinski definition) is 8. The average Bonchev–Trinajstić information content (AvgIpc) is 3.35. The molecule has 11 heteroatoms. The topological polar surface area (TPSA) is 189 Å². The van der Waals surface area contributed by atoms with E-state index in [0.717, 1.165) is 32.1 Å². The molecule has 0 aliphatic carbocycles. The van der Waals surface area contributed by atoms with E-state index in [4.69, 9.17) is 9.47 Å². The number of carbonyl (C=O) groups excluding carboxylic acids is 1. The number of carbonyl (C=O) groups is 1. The summed E-state index contributed by atoms with van der Waals surface area (Å²) in [7, 11) is 0. The van der Waals surface area contributed by atoms with Crippen molar-refractivity contribution in [3.8, 4) is 0 Å². The fourth-order valence-corrected chi connectivity index (χ4v) is 9.59. The molecule has 1 heterocycles. The van der Waals surface area contributed by atoms with Gasteiger partial charge in [-0.05, 0) is 45.4 Å². The molecule has 69 heavy (non-hydrogen) atoms. The molecule has 1 amide bonds. The number of rotatable bonds is 50. The lowest BCUT2D eigenvalue weighted by molar-refractivity contribution is -0.303. The summed E-state index contributed by atoms with van der Waals surface area (Å²) >= 11 is 0. The fourth-order valence-electron chi connectivity index (χ4n) is 9.59. The van der Waals surface area contributed by atoms with Gasteiger partial charge in [-0.3, -0.25) is 4.79 Å². The second kappa shape index (κ2) is 47.6. The second-order valence-electron chi connectivity index (χ2n) is 20.7. The van der Waals surface area contributed by atoms with Gasteiger partial charge in [-0.2, -0.15) is 0 Å². The predicted octanol–water partition coefficient (Wildman–Crippen LogP) is 12.1. The lowest BCUT2D eigenvalue weighted by Crippen LogP contribution is -2.60. The molecule has 1 rings (SSSR count). The normalized spacial score (nSPS) is 20.5. The molecule has 1 aliphatic heterocycles. The van der Waals surface area contributed by atoms with E-state index < -0.39 is 74.2 Å². The molecule has 9 unspecified atom stereocenters. The molecule has 0 spiro atoms. The van der Waals surface area contributed by atoms with Crippen LogP contribution in [-0.4, -0.2) is 110 Å². The van der Waals surface area contributed by atoms with E-state index in [9.17, 15) is 40.5 Å². The van der Waals surface area contributed by atoms with Gasteiger partial charge >= 0.3 is 0 Å². The van der Waals surface area contributed by atoms with Crippen LogP contribution in [0.1, 0.15) is 271 Å². The monoisotopic (exact) mass is 982 g/mol. The number of allylic oxidation sites excluding steroid dienone is 4. The van der Waals surface area contributed by atoms with Gasteiger partial charge in [-0.15, -0.1) is 0 Å². The zero-order chi connectivity index (χ0) is 50.4. The van der Waals surface area contributed by atoms with Crippen LogP contribution in [0.4, 0.5) is 0 Å². The minimum Gasteiger partial charge on any atom is -0.394 e. The van der Waals surface area contributed by atoms with Crippen molar-refractivity contribution in [3.05, 3.63) is 24.3 Å². The molecule has 0 aromatic carbocycles. The standard InChI is InChI=1S/C58H111NO10/c1-3-5-7-9-11-13-14-15-16-17-18-19-20-21-22-23-24-25-26-27-28-29-30-31-32-33-34-35-36-37-38-40-42-44-46-51(62)57(67)59-49(48-68-58-56(66)55(65)54(64)52(47-60)69-58)53(63)50(61)45-43-41-39-12-10-8-6-4-2/h4,6,12,39,49-56,58,60-66H,3,5,7-11,13-38,40-48H2,1-2H3,(H,59,67)/b6-4+,39-12+. The fraction of sp³-hybridized carbons (Fsp3) is 0.914. The zero-order valence-electron chi connectivity index (χ0n) is 44.6. The van der Waals surface area contributed by atoms with E-state index >= 15 is 0 Å². The molecule has 0 aromatic heterocycles. The minimum atomic E-state index is -1.67. The van der Waals surface area contributed by atoms with Crippen LogP contribution < -0.4 is 5.32 Å². The number of nitrogens with one attached hydrogen (secondary N) is 1. The molecular weight excluding hydrogens is 871 g/mol. The summed E-state index contributed by atoms with van der Waals surface area (Å²) in [6, 6.07) is -1.19. The Morgan fingerprint density at radius 1 is 0.522 bits per heavy atom. The number of hydrogen-bond acceptors (Lipinski definition) is 10. The summed E-state index contributed by atoms with van der Waals surface area (Å²) < 4.78 is 11.1. The van der Waals surface area contributed by atoms with Crippen molar-refractivity contribution in [2.75, 3.05) is 13.2 Å². The Morgan fingerprint density at radius 2 is 0.913 bits per heavy atom. The number of amides is 1. The van der Waals surface area contributed by atoms with Crippen LogP contribution in [0, 0.1) is 0 Å². The van der Waals surface area contributed by atoms with E-state index in [-0.39, 0.29) is 12.8 Å². The Labute approximate surface area is 423 Å². The predicted molar refractivity (Wildman–Crippen MR) is 284 cm³/mol. The largest absolute Gasteiger partial charge is 0.394 e. The maximum Gasteiger partial charge on any atom is 0.249 e. The Hall–Kier alpha value is -1.41. The quantitative estimate of drug-likeness (QED) is 0.0215. The third kappa shape index (κ3) is 36.2. The first kappa shape index (κ1) is 65.6. The molecule has 9 atom stereocenters. The maximum absolute atomic E-state index is 13.1. The van der Waals surface area contributed by atoms with Crippen molar-refractivity contribution < 1.29 is 50.0 Å². The minimum absolute atomic E-state index is 0.245. The van der Waals surface area contributed by atoms with Crippen LogP contribution >= 0.6 is 0 Å². The Bertz CT molecular complexity index is 1170. The third-order valence-electron chi connectivity index (χ3n) is 14.3. The molecule has 1 fully saturated rings. The van der Waals surface area contributed by atoms with Gasteiger partial charge in [0.1, 0.15) is 36.6 Å². The number of aliphatic hydroxyl groups excluding tert-OH is 7. The lowest BCUT2D eigenvalue weighted by Gasteiger charge is -2.40. The highest BCUT2D eigenvalue weighted by Gasteiger charge is 2.44. The first-order chi connectivity index (χ1) is 33.7. The van der Waals surface area contributed by atoms with Crippen LogP contribution in [0.25, 0.3) is 0 Å². The molecule has 1 aliphatic rings. The molecule has 408 valence electrons. The van der Waals surface area contributed by atoms with Gasteiger partial charge < -0.3 is 50.5 Å². The third-order valence-corrected chi connectivity index (χ3v) is 14.3. The number of ether oxygens (including phenoxy) is 2. The van der Waals surface area contributed by atoms with Crippen molar-refractivity contribution in [1.82, 2.24) is 5.32 Å². The summed E-state index contributed by atoms with van der Waals surface area (Å²) in [5.74, 6) is -0.709. The molecule has 0 radical (unpaired) electrons. The van der Waals surface area contributed by atoms with E-state index in [0.29, 0.717) is 19.3 Å². The van der Waals surface area contributed by atoms with Crippen molar-refractivity contribution in [2.24, 2.45) is 0 Å².